The lowest BCUT2D eigenvalue weighted by atomic mass is 9.95. The van der Waals surface area contributed by atoms with E-state index in [1.807, 2.05) is 0 Å². The Morgan fingerprint density at radius 1 is 1.31 bits per heavy atom. The molecule has 16 heavy (non-hydrogen) atoms. The van der Waals surface area contributed by atoms with Crippen LogP contribution in [0.2, 0.25) is 0 Å². The Labute approximate surface area is 100 Å². The number of piperidine rings is 1. The van der Waals surface area contributed by atoms with Crippen molar-refractivity contribution in [1.82, 2.24) is 4.90 Å². The number of nitrogens with two attached hydrogens (primary N) is 2. The lowest BCUT2D eigenvalue weighted by Gasteiger charge is -2.32. The van der Waals surface area contributed by atoms with Gasteiger partial charge in [0.2, 0.25) is 11.8 Å². The van der Waals surface area contributed by atoms with Gasteiger partial charge in [0.1, 0.15) is 0 Å². The SMILES string of the molecule is CC(C(=O)N1CCC(C(N)=O)CC1)C(N)=S. The Bertz CT molecular complexity index is 311. The molecule has 0 saturated carbocycles. The van der Waals surface area contributed by atoms with Gasteiger partial charge >= 0.3 is 0 Å². The number of nitrogens with zero attached hydrogens (tertiary/aromatic N) is 1. The van der Waals surface area contributed by atoms with E-state index in [0.717, 1.165) is 0 Å². The highest BCUT2D eigenvalue weighted by Crippen LogP contribution is 2.18. The van der Waals surface area contributed by atoms with E-state index in [-0.39, 0.29) is 22.7 Å². The van der Waals surface area contributed by atoms with Gasteiger partial charge in [0.05, 0.1) is 10.9 Å². The normalized spacial score (nSPS) is 19.2. The second-order valence-corrected chi connectivity index (χ2v) is 4.60. The highest BCUT2D eigenvalue weighted by Gasteiger charge is 2.28. The molecule has 1 fully saturated rings. The van der Waals surface area contributed by atoms with Crippen molar-refractivity contribution in [3.05, 3.63) is 0 Å². The second-order valence-electron chi connectivity index (χ2n) is 4.13. The molecule has 0 bridgehead atoms. The third-order valence-electron chi connectivity index (χ3n) is 3.01. The molecule has 5 nitrogen and oxygen atoms in total. The van der Waals surface area contributed by atoms with Crippen LogP contribution in [0.15, 0.2) is 0 Å². The molecule has 0 aliphatic carbocycles. The predicted molar refractivity (Wildman–Crippen MR) is 64.4 cm³/mol. The number of hydrogen-bond acceptors (Lipinski definition) is 3. The van der Waals surface area contributed by atoms with Gasteiger partial charge in [-0.05, 0) is 19.8 Å². The zero-order valence-electron chi connectivity index (χ0n) is 9.31. The average molecular weight is 243 g/mol. The van der Waals surface area contributed by atoms with E-state index < -0.39 is 5.92 Å². The molecule has 0 aromatic heterocycles. The maximum absolute atomic E-state index is 11.9. The molecule has 4 N–H and O–H groups in total. The molecule has 6 heteroatoms. The Morgan fingerprint density at radius 2 is 1.81 bits per heavy atom. The number of hydrogen-bond donors (Lipinski definition) is 2. The van der Waals surface area contributed by atoms with Crippen molar-refractivity contribution in [1.29, 1.82) is 0 Å². The monoisotopic (exact) mass is 243 g/mol. The molecule has 1 heterocycles. The fourth-order valence-electron chi connectivity index (χ4n) is 1.78. The first-order valence-corrected chi connectivity index (χ1v) is 5.71. The van der Waals surface area contributed by atoms with Gasteiger partial charge in [-0.15, -0.1) is 0 Å². The Kier molecular flexibility index (Phi) is 4.23. The summed E-state index contributed by atoms with van der Waals surface area (Å²) in [6.07, 6.45) is 1.26. The van der Waals surface area contributed by atoms with Crippen LogP contribution in [0.4, 0.5) is 0 Å². The lowest BCUT2D eigenvalue weighted by molar-refractivity contribution is -0.136. The van der Waals surface area contributed by atoms with E-state index in [0.29, 0.717) is 25.9 Å². The molecule has 2 amide bonds. The molecule has 0 radical (unpaired) electrons. The van der Waals surface area contributed by atoms with Crippen LogP contribution >= 0.6 is 12.2 Å². The van der Waals surface area contributed by atoms with Crippen molar-refractivity contribution in [3.63, 3.8) is 0 Å². The van der Waals surface area contributed by atoms with Gasteiger partial charge < -0.3 is 16.4 Å². The fourth-order valence-corrected chi connectivity index (χ4v) is 1.88. The molecule has 1 atom stereocenters. The molecule has 1 aliphatic rings. The first-order chi connectivity index (χ1) is 7.43. The minimum atomic E-state index is -0.430. The lowest BCUT2D eigenvalue weighted by Crippen LogP contribution is -2.45. The van der Waals surface area contributed by atoms with E-state index in [4.69, 9.17) is 23.7 Å². The molecule has 1 rings (SSSR count). The zero-order valence-corrected chi connectivity index (χ0v) is 10.1. The van der Waals surface area contributed by atoms with Gasteiger partial charge in [0, 0.05) is 19.0 Å². The number of thiocarbonyl (C=S) groups is 1. The predicted octanol–water partition coefficient (Wildman–Crippen LogP) is -0.367. The van der Waals surface area contributed by atoms with E-state index in [2.05, 4.69) is 0 Å². The average Bonchev–Trinajstić information content (AvgIpc) is 2.27. The Hall–Kier alpha value is -1.17. The van der Waals surface area contributed by atoms with Crippen LogP contribution in [-0.2, 0) is 9.59 Å². The largest absolute Gasteiger partial charge is 0.393 e. The highest BCUT2D eigenvalue weighted by atomic mass is 32.1. The molecule has 0 aromatic carbocycles. The minimum absolute atomic E-state index is 0.0598. The maximum Gasteiger partial charge on any atom is 0.232 e. The molecule has 0 spiro atoms. The summed E-state index contributed by atoms with van der Waals surface area (Å²) >= 11 is 4.78. The molecule has 1 aliphatic heterocycles. The number of amides is 2. The summed E-state index contributed by atoms with van der Waals surface area (Å²) in [5.41, 5.74) is 10.6. The van der Waals surface area contributed by atoms with Gasteiger partial charge in [-0.1, -0.05) is 12.2 Å². The van der Waals surface area contributed by atoms with E-state index in [1.165, 1.54) is 0 Å². The third kappa shape index (κ3) is 2.91. The first kappa shape index (κ1) is 12.9. The van der Waals surface area contributed by atoms with Crippen molar-refractivity contribution in [2.75, 3.05) is 13.1 Å². The topological polar surface area (TPSA) is 89.4 Å². The van der Waals surface area contributed by atoms with Crippen LogP contribution in [0.25, 0.3) is 0 Å². The highest BCUT2D eigenvalue weighted by molar-refractivity contribution is 7.80. The smallest absolute Gasteiger partial charge is 0.232 e. The zero-order chi connectivity index (χ0) is 12.3. The molecule has 1 unspecified atom stereocenters. The molecular weight excluding hydrogens is 226 g/mol. The van der Waals surface area contributed by atoms with Crippen LogP contribution in [0.5, 0.6) is 0 Å². The van der Waals surface area contributed by atoms with E-state index >= 15 is 0 Å². The maximum atomic E-state index is 11.9. The number of carbonyl (C=O) groups is 2. The number of primary amides is 1. The molecular formula is C10H17N3O2S. The summed E-state index contributed by atoms with van der Waals surface area (Å²) in [5.74, 6) is -0.880. The van der Waals surface area contributed by atoms with E-state index in [1.54, 1.807) is 11.8 Å². The van der Waals surface area contributed by atoms with Crippen molar-refractivity contribution >= 4 is 29.0 Å². The van der Waals surface area contributed by atoms with Crippen molar-refractivity contribution in [2.45, 2.75) is 19.8 Å². The van der Waals surface area contributed by atoms with Gasteiger partial charge in [0.25, 0.3) is 0 Å². The summed E-state index contributed by atoms with van der Waals surface area (Å²) in [6.45, 7) is 2.81. The standard InChI is InChI=1S/C10H17N3O2S/c1-6(9(12)16)10(15)13-4-2-7(3-5-13)8(11)14/h6-7H,2-5H2,1H3,(H2,11,14)(H2,12,16). The van der Waals surface area contributed by atoms with Crippen LogP contribution in [-0.4, -0.2) is 34.8 Å². The van der Waals surface area contributed by atoms with Gasteiger partial charge in [-0.25, -0.2) is 0 Å². The number of rotatable bonds is 3. The summed E-state index contributed by atoms with van der Waals surface area (Å²) in [4.78, 5) is 24.7. The molecule has 1 saturated heterocycles. The first-order valence-electron chi connectivity index (χ1n) is 5.31. The Balaban J connectivity index is 2.51. The molecule has 90 valence electrons. The summed E-state index contributed by atoms with van der Waals surface area (Å²) in [5, 5.41) is 0. The summed E-state index contributed by atoms with van der Waals surface area (Å²) in [7, 11) is 0. The van der Waals surface area contributed by atoms with Crippen molar-refractivity contribution < 1.29 is 9.59 Å². The van der Waals surface area contributed by atoms with Gasteiger partial charge in [0.15, 0.2) is 0 Å². The quantitative estimate of drug-likeness (QED) is 0.662. The number of likely N-dealkylation sites (tertiary alicyclic amines) is 1. The third-order valence-corrected chi connectivity index (χ3v) is 3.36. The second kappa shape index (κ2) is 5.25. The Morgan fingerprint density at radius 3 is 2.19 bits per heavy atom. The van der Waals surface area contributed by atoms with Crippen LogP contribution in [0, 0.1) is 11.8 Å². The van der Waals surface area contributed by atoms with E-state index in [9.17, 15) is 9.59 Å². The van der Waals surface area contributed by atoms with Gasteiger partial charge in [-0.3, -0.25) is 9.59 Å². The van der Waals surface area contributed by atoms with Crippen molar-refractivity contribution in [3.8, 4) is 0 Å². The van der Waals surface area contributed by atoms with Crippen LogP contribution in [0.1, 0.15) is 19.8 Å². The fraction of sp³-hybridized carbons (Fsp3) is 0.700. The molecule has 0 aromatic rings. The summed E-state index contributed by atoms with van der Waals surface area (Å²) < 4.78 is 0. The van der Waals surface area contributed by atoms with Gasteiger partial charge in [-0.2, -0.15) is 0 Å². The number of carbonyl (C=O) groups excluding carboxylic acids is 2. The summed E-state index contributed by atoms with van der Waals surface area (Å²) in [6, 6.07) is 0. The minimum Gasteiger partial charge on any atom is -0.393 e. The van der Waals surface area contributed by atoms with Crippen LogP contribution < -0.4 is 11.5 Å². The van der Waals surface area contributed by atoms with Crippen LogP contribution in [0.3, 0.4) is 0 Å². The van der Waals surface area contributed by atoms with Crippen molar-refractivity contribution in [2.24, 2.45) is 23.3 Å².